The van der Waals surface area contributed by atoms with Crippen LogP contribution in [0.2, 0.25) is 0 Å². The molecular weight excluding hydrogens is 543 g/mol. The molecule has 2 aliphatic heterocycles. The van der Waals surface area contributed by atoms with E-state index in [1.54, 1.807) is 36.4 Å². The van der Waals surface area contributed by atoms with E-state index in [-0.39, 0.29) is 30.3 Å². The lowest BCUT2D eigenvalue weighted by Gasteiger charge is -2.50. The fourth-order valence-electron chi connectivity index (χ4n) is 6.92. The minimum Gasteiger partial charge on any atom is -0.508 e. The van der Waals surface area contributed by atoms with Crippen molar-refractivity contribution in [1.29, 1.82) is 0 Å². The number of aromatic hydroxyl groups is 1. The van der Waals surface area contributed by atoms with Crippen molar-refractivity contribution in [2.75, 3.05) is 11.9 Å². The lowest BCUT2D eigenvalue weighted by molar-refractivity contribution is -0.138. The molecule has 1 N–H and O–H groups in total. The number of halogens is 2. The molecule has 2 aliphatic carbocycles. The van der Waals surface area contributed by atoms with Gasteiger partial charge in [0, 0.05) is 18.5 Å². The molecule has 1 saturated carbocycles. The van der Waals surface area contributed by atoms with Gasteiger partial charge in [0.1, 0.15) is 5.75 Å². The second-order valence-electron chi connectivity index (χ2n) is 10.7. The molecule has 200 valence electrons. The highest BCUT2D eigenvalue weighted by Crippen LogP contribution is 2.65. The Morgan fingerprint density at radius 2 is 1.67 bits per heavy atom. The number of ketones is 1. The van der Waals surface area contributed by atoms with Crippen LogP contribution in [0.25, 0.3) is 0 Å². The third-order valence-corrected chi connectivity index (χ3v) is 10.2. The number of imide groups is 2. The van der Waals surface area contributed by atoms with Gasteiger partial charge in [0.25, 0.3) is 11.8 Å². The Bertz CT molecular complexity index is 1520. The summed E-state index contributed by atoms with van der Waals surface area (Å²) in [5.41, 5.74) is 1.94. The van der Waals surface area contributed by atoms with E-state index in [4.69, 9.17) is 23.2 Å². The first-order chi connectivity index (χ1) is 18.4. The van der Waals surface area contributed by atoms with Crippen LogP contribution in [0.3, 0.4) is 0 Å². The molecular formula is C29H24Cl2N2O6. The number of benzene rings is 2. The number of rotatable bonds is 3. The number of nitrogens with zero attached hydrogens (tertiary/aromatic N) is 2. The first kappa shape index (κ1) is 25.8. The van der Waals surface area contributed by atoms with Crippen molar-refractivity contribution in [3.8, 4) is 5.75 Å². The van der Waals surface area contributed by atoms with E-state index in [0.29, 0.717) is 22.4 Å². The number of phenolic OH excluding ortho intramolecular Hbond substituents is 1. The maximum atomic E-state index is 13.9. The van der Waals surface area contributed by atoms with Crippen molar-refractivity contribution in [2.45, 2.75) is 35.4 Å². The van der Waals surface area contributed by atoms with E-state index in [1.165, 1.54) is 26.1 Å². The van der Waals surface area contributed by atoms with Gasteiger partial charge in [-0.15, -0.1) is 23.2 Å². The Balaban J connectivity index is 1.48. The standard InChI is InChI=1S/C29H24Cl2N2O6/c1-14(34)15-6-8-17(9-7-15)33-24(36)20-11-10-19-21(22(20)25(33)37)13-28(30)26(38)32(2)27(39)29(28,31)23(19)16-4-3-5-18(35)12-16/h3-10,12,20-23,35H,11,13H2,1-2H3. The van der Waals surface area contributed by atoms with Gasteiger partial charge in [-0.2, -0.15) is 0 Å². The van der Waals surface area contributed by atoms with Crippen molar-refractivity contribution in [1.82, 2.24) is 4.90 Å². The molecule has 4 aliphatic rings. The molecule has 8 nitrogen and oxygen atoms in total. The molecule has 10 heteroatoms. The number of allylic oxidation sites excluding steroid dienone is 2. The highest BCUT2D eigenvalue weighted by Gasteiger charge is 2.75. The SMILES string of the molecule is CC(=O)c1ccc(N2C(=O)C3CC=C4C(CC5(Cl)C(=O)N(C)C(=O)C5(Cl)C4c4cccc(O)c4)C3C2=O)cc1. The van der Waals surface area contributed by atoms with Crippen molar-refractivity contribution >= 4 is 58.3 Å². The maximum Gasteiger partial charge on any atom is 0.253 e. The molecule has 2 heterocycles. The molecule has 0 spiro atoms. The molecule has 39 heavy (non-hydrogen) atoms. The summed E-state index contributed by atoms with van der Waals surface area (Å²) in [6.45, 7) is 1.43. The molecule has 2 saturated heterocycles. The highest BCUT2D eigenvalue weighted by atomic mass is 35.5. The Kier molecular flexibility index (Phi) is 5.62. The monoisotopic (exact) mass is 566 g/mol. The van der Waals surface area contributed by atoms with Crippen LogP contribution in [0, 0.1) is 17.8 Å². The number of Topliss-reactive ketones (excluding diaryl/α,β-unsaturated/α-hetero) is 1. The van der Waals surface area contributed by atoms with E-state index in [0.717, 1.165) is 9.80 Å². The van der Waals surface area contributed by atoms with Gasteiger partial charge >= 0.3 is 0 Å². The van der Waals surface area contributed by atoms with E-state index >= 15 is 0 Å². The minimum absolute atomic E-state index is 0.0539. The Labute approximate surface area is 234 Å². The van der Waals surface area contributed by atoms with Gasteiger partial charge in [-0.3, -0.25) is 33.8 Å². The van der Waals surface area contributed by atoms with E-state index < -0.39 is 51.1 Å². The molecule has 4 amide bonds. The predicted molar refractivity (Wildman–Crippen MR) is 143 cm³/mol. The van der Waals surface area contributed by atoms with Crippen LogP contribution in [0.5, 0.6) is 5.75 Å². The second kappa shape index (κ2) is 8.50. The largest absolute Gasteiger partial charge is 0.508 e. The van der Waals surface area contributed by atoms with Gasteiger partial charge < -0.3 is 5.11 Å². The van der Waals surface area contributed by atoms with Gasteiger partial charge in [-0.25, -0.2) is 0 Å². The van der Waals surface area contributed by atoms with Crippen LogP contribution in [0.1, 0.15) is 41.6 Å². The first-order valence-corrected chi connectivity index (χ1v) is 13.4. The summed E-state index contributed by atoms with van der Waals surface area (Å²) >= 11 is 14.2. The van der Waals surface area contributed by atoms with Gasteiger partial charge in [-0.05, 0) is 67.6 Å². The van der Waals surface area contributed by atoms with E-state index in [1.807, 2.05) is 6.08 Å². The zero-order valence-electron chi connectivity index (χ0n) is 21.1. The molecule has 2 aromatic carbocycles. The normalized spacial score (nSPS) is 33.6. The molecule has 6 atom stereocenters. The number of alkyl halides is 2. The number of amides is 4. The summed E-state index contributed by atoms with van der Waals surface area (Å²) in [6, 6.07) is 12.5. The summed E-state index contributed by atoms with van der Waals surface area (Å²) in [5, 5.41) is 10.3. The van der Waals surface area contributed by atoms with Crippen molar-refractivity contribution in [3.05, 3.63) is 71.3 Å². The summed E-state index contributed by atoms with van der Waals surface area (Å²) in [4.78, 5) is 64.5. The molecule has 3 fully saturated rings. The molecule has 0 aromatic heterocycles. The van der Waals surface area contributed by atoms with Crippen molar-refractivity contribution in [3.63, 3.8) is 0 Å². The maximum absolute atomic E-state index is 13.9. The lowest BCUT2D eigenvalue weighted by Crippen LogP contribution is -2.60. The van der Waals surface area contributed by atoms with Crippen LogP contribution in [0.15, 0.2) is 60.2 Å². The number of anilines is 1. The number of hydrogen-bond donors (Lipinski definition) is 1. The summed E-state index contributed by atoms with van der Waals surface area (Å²) in [7, 11) is 1.33. The number of carbonyl (C=O) groups excluding carboxylic acids is 5. The quantitative estimate of drug-likeness (QED) is 0.262. The number of carbonyl (C=O) groups is 5. The summed E-state index contributed by atoms with van der Waals surface area (Å²) in [5.74, 6) is -5.39. The topological polar surface area (TPSA) is 112 Å². The molecule has 6 unspecified atom stereocenters. The third-order valence-electron chi connectivity index (χ3n) is 8.75. The molecule has 0 bridgehead atoms. The van der Waals surface area contributed by atoms with Gasteiger partial charge in [0.05, 0.1) is 17.5 Å². The fraction of sp³-hybridized carbons (Fsp3) is 0.345. The Morgan fingerprint density at radius 3 is 2.31 bits per heavy atom. The zero-order valence-corrected chi connectivity index (χ0v) is 22.6. The average Bonchev–Trinajstić information content (AvgIpc) is 3.23. The van der Waals surface area contributed by atoms with Gasteiger partial charge in [0.2, 0.25) is 11.8 Å². The van der Waals surface area contributed by atoms with E-state index in [2.05, 4.69) is 0 Å². The molecule has 0 radical (unpaired) electrons. The number of likely N-dealkylation sites (tertiary alicyclic amines) is 1. The Hall–Kier alpha value is -3.49. The first-order valence-electron chi connectivity index (χ1n) is 12.6. The third kappa shape index (κ3) is 3.28. The minimum atomic E-state index is -1.89. The van der Waals surface area contributed by atoms with Crippen LogP contribution >= 0.6 is 23.2 Å². The van der Waals surface area contributed by atoms with Gasteiger partial charge in [0.15, 0.2) is 15.5 Å². The summed E-state index contributed by atoms with van der Waals surface area (Å²) < 4.78 is 0. The lowest BCUT2D eigenvalue weighted by atomic mass is 9.56. The molecule has 6 rings (SSSR count). The Morgan fingerprint density at radius 1 is 0.974 bits per heavy atom. The van der Waals surface area contributed by atoms with Crippen LogP contribution in [-0.2, 0) is 19.2 Å². The smallest absolute Gasteiger partial charge is 0.253 e. The highest BCUT2D eigenvalue weighted by molar-refractivity contribution is 6.53. The van der Waals surface area contributed by atoms with Crippen LogP contribution in [0.4, 0.5) is 5.69 Å². The average molecular weight is 567 g/mol. The van der Waals surface area contributed by atoms with E-state index in [9.17, 15) is 29.1 Å². The molecule has 2 aromatic rings. The number of fused-ring (bicyclic) bond motifs is 4. The second-order valence-corrected chi connectivity index (χ2v) is 11.9. The van der Waals surface area contributed by atoms with Gasteiger partial charge in [-0.1, -0.05) is 23.8 Å². The fourth-order valence-corrected chi connectivity index (χ4v) is 7.94. The van der Waals surface area contributed by atoms with Crippen molar-refractivity contribution in [2.24, 2.45) is 17.8 Å². The number of phenols is 1. The van der Waals surface area contributed by atoms with Crippen LogP contribution < -0.4 is 4.90 Å². The zero-order chi connectivity index (χ0) is 28.0. The number of hydrogen-bond acceptors (Lipinski definition) is 6. The predicted octanol–water partition coefficient (Wildman–Crippen LogP) is 3.79. The van der Waals surface area contributed by atoms with Crippen LogP contribution in [-0.4, -0.2) is 56.2 Å². The summed E-state index contributed by atoms with van der Waals surface area (Å²) in [6.07, 6.45) is 1.97. The van der Waals surface area contributed by atoms with Crippen molar-refractivity contribution < 1.29 is 29.1 Å².